The Hall–Kier alpha value is -1.60. The number of rotatable bonds is 2. The molecule has 0 unspecified atom stereocenters. The molecule has 6 nitrogen and oxygen atoms in total. The lowest BCUT2D eigenvalue weighted by molar-refractivity contribution is 0.0589. The quantitative estimate of drug-likeness (QED) is 0.896. The topological polar surface area (TPSA) is 89.7 Å². The Kier molecular flexibility index (Phi) is 4.21. The lowest BCUT2D eigenvalue weighted by Gasteiger charge is -2.25. The summed E-state index contributed by atoms with van der Waals surface area (Å²) in [5.41, 5.74) is -0.485. The van der Waals surface area contributed by atoms with E-state index in [1.165, 1.54) is 25.2 Å². The average molecular weight is 286 g/mol. The fourth-order valence-corrected chi connectivity index (χ4v) is 2.17. The number of amides is 1. The van der Waals surface area contributed by atoms with E-state index in [1.54, 1.807) is 26.8 Å². The molecule has 19 heavy (non-hydrogen) atoms. The first-order valence-electron chi connectivity index (χ1n) is 5.61. The van der Waals surface area contributed by atoms with Gasteiger partial charge < -0.3 is 4.74 Å². The maximum atomic E-state index is 11.9. The molecule has 0 saturated carbocycles. The lowest BCUT2D eigenvalue weighted by Crippen LogP contribution is -2.35. The van der Waals surface area contributed by atoms with Crippen molar-refractivity contribution in [2.24, 2.45) is 5.14 Å². The Balaban J connectivity index is 3.14. The van der Waals surface area contributed by atoms with Gasteiger partial charge in [0.15, 0.2) is 0 Å². The van der Waals surface area contributed by atoms with Crippen LogP contribution in [0.15, 0.2) is 29.2 Å². The first kappa shape index (κ1) is 15.5. The van der Waals surface area contributed by atoms with Gasteiger partial charge in [0.25, 0.3) is 0 Å². The minimum atomic E-state index is -3.91. The van der Waals surface area contributed by atoms with Crippen molar-refractivity contribution in [3.8, 4) is 0 Å². The molecule has 0 radical (unpaired) electrons. The minimum absolute atomic E-state index is 0.122. The molecule has 0 bridgehead atoms. The van der Waals surface area contributed by atoms with Gasteiger partial charge in [-0.05, 0) is 32.9 Å². The normalized spacial score (nSPS) is 12.1. The number of anilines is 1. The fraction of sp³-hybridized carbons (Fsp3) is 0.417. The van der Waals surface area contributed by atoms with Crippen LogP contribution in [-0.4, -0.2) is 27.2 Å². The molecule has 0 heterocycles. The molecular formula is C12H18N2O4S. The van der Waals surface area contributed by atoms with E-state index in [1.807, 2.05) is 0 Å². The van der Waals surface area contributed by atoms with Crippen LogP contribution in [0.5, 0.6) is 0 Å². The molecule has 0 spiro atoms. The third kappa shape index (κ3) is 4.22. The van der Waals surface area contributed by atoms with Crippen LogP contribution in [0.2, 0.25) is 0 Å². The molecule has 0 saturated heterocycles. The third-order valence-corrected chi connectivity index (χ3v) is 3.16. The van der Waals surface area contributed by atoms with Gasteiger partial charge in [-0.25, -0.2) is 18.4 Å². The summed E-state index contributed by atoms with van der Waals surface area (Å²) in [5.74, 6) is 0. The van der Waals surface area contributed by atoms with Crippen molar-refractivity contribution in [3.63, 3.8) is 0 Å². The number of hydrogen-bond donors (Lipinski definition) is 1. The van der Waals surface area contributed by atoms with Crippen molar-refractivity contribution >= 4 is 21.8 Å². The van der Waals surface area contributed by atoms with E-state index >= 15 is 0 Å². The second-order valence-corrected chi connectivity index (χ2v) is 6.58. The highest BCUT2D eigenvalue weighted by Gasteiger charge is 2.24. The number of benzene rings is 1. The van der Waals surface area contributed by atoms with Crippen LogP contribution in [0.1, 0.15) is 20.8 Å². The van der Waals surface area contributed by atoms with Crippen LogP contribution in [0.25, 0.3) is 0 Å². The van der Waals surface area contributed by atoms with Gasteiger partial charge in [-0.3, -0.25) is 4.90 Å². The summed E-state index contributed by atoms with van der Waals surface area (Å²) >= 11 is 0. The summed E-state index contributed by atoms with van der Waals surface area (Å²) in [4.78, 5) is 12.9. The molecule has 0 atom stereocenters. The van der Waals surface area contributed by atoms with Gasteiger partial charge in [0.1, 0.15) is 10.5 Å². The minimum Gasteiger partial charge on any atom is -0.443 e. The second-order valence-electron chi connectivity index (χ2n) is 5.05. The Morgan fingerprint density at radius 2 is 1.79 bits per heavy atom. The molecule has 2 N–H and O–H groups in total. The third-order valence-electron chi connectivity index (χ3n) is 2.20. The number of nitrogens with two attached hydrogens (primary N) is 1. The predicted molar refractivity (Wildman–Crippen MR) is 72.5 cm³/mol. The summed E-state index contributed by atoms with van der Waals surface area (Å²) in [6.07, 6.45) is -0.649. The number of para-hydroxylation sites is 1. The number of hydrogen-bond acceptors (Lipinski definition) is 4. The highest BCUT2D eigenvalue weighted by molar-refractivity contribution is 7.89. The zero-order chi connectivity index (χ0) is 14.8. The Bertz CT molecular complexity index is 576. The summed E-state index contributed by atoms with van der Waals surface area (Å²) in [5, 5.41) is 5.12. The van der Waals surface area contributed by atoms with Crippen LogP contribution >= 0.6 is 0 Å². The number of ether oxygens (including phenoxy) is 1. The van der Waals surface area contributed by atoms with Crippen molar-refractivity contribution in [2.45, 2.75) is 31.3 Å². The maximum absolute atomic E-state index is 11.9. The zero-order valence-corrected chi connectivity index (χ0v) is 12.2. The van der Waals surface area contributed by atoms with Crippen molar-refractivity contribution in [1.82, 2.24) is 0 Å². The largest absolute Gasteiger partial charge is 0.443 e. The maximum Gasteiger partial charge on any atom is 0.414 e. The van der Waals surface area contributed by atoms with Crippen LogP contribution < -0.4 is 10.0 Å². The number of nitrogens with zero attached hydrogens (tertiary/aromatic N) is 1. The monoisotopic (exact) mass is 286 g/mol. The van der Waals surface area contributed by atoms with E-state index in [0.29, 0.717) is 0 Å². The molecule has 0 aliphatic heterocycles. The summed E-state index contributed by atoms with van der Waals surface area (Å²) in [6.45, 7) is 5.18. The number of carbonyl (C=O) groups is 1. The molecule has 1 aromatic rings. The first-order valence-corrected chi connectivity index (χ1v) is 7.15. The molecule has 0 aliphatic carbocycles. The molecule has 0 aromatic heterocycles. The molecule has 0 fully saturated rings. The number of sulfonamides is 1. The van der Waals surface area contributed by atoms with Gasteiger partial charge in [-0.15, -0.1) is 0 Å². The highest BCUT2D eigenvalue weighted by atomic mass is 32.2. The van der Waals surface area contributed by atoms with Crippen molar-refractivity contribution in [1.29, 1.82) is 0 Å². The van der Waals surface area contributed by atoms with Gasteiger partial charge in [0, 0.05) is 7.05 Å². The Labute approximate surface area is 113 Å². The Morgan fingerprint density at radius 3 is 2.26 bits per heavy atom. The smallest absolute Gasteiger partial charge is 0.414 e. The van der Waals surface area contributed by atoms with E-state index in [4.69, 9.17) is 9.88 Å². The summed E-state index contributed by atoms with van der Waals surface area (Å²) in [7, 11) is -2.48. The van der Waals surface area contributed by atoms with Gasteiger partial charge >= 0.3 is 6.09 Å². The Morgan fingerprint density at radius 1 is 1.26 bits per heavy atom. The second kappa shape index (κ2) is 5.18. The molecule has 1 amide bonds. The van der Waals surface area contributed by atoms with E-state index in [2.05, 4.69) is 0 Å². The van der Waals surface area contributed by atoms with Crippen LogP contribution in [0.4, 0.5) is 10.5 Å². The fourth-order valence-electron chi connectivity index (χ4n) is 1.40. The SMILES string of the molecule is CN(C(=O)OC(C)(C)C)c1ccccc1S(N)(=O)=O. The molecular weight excluding hydrogens is 268 g/mol. The van der Waals surface area contributed by atoms with E-state index in [0.717, 1.165) is 4.90 Å². The van der Waals surface area contributed by atoms with Crippen LogP contribution in [-0.2, 0) is 14.8 Å². The van der Waals surface area contributed by atoms with Gasteiger partial charge in [-0.2, -0.15) is 0 Å². The molecule has 0 aliphatic rings. The predicted octanol–water partition coefficient (Wildman–Crippen LogP) is 1.71. The van der Waals surface area contributed by atoms with Gasteiger partial charge in [-0.1, -0.05) is 12.1 Å². The van der Waals surface area contributed by atoms with Crippen molar-refractivity contribution in [3.05, 3.63) is 24.3 Å². The summed E-state index contributed by atoms with van der Waals surface area (Å²) in [6, 6.07) is 5.98. The van der Waals surface area contributed by atoms with Crippen molar-refractivity contribution in [2.75, 3.05) is 11.9 Å². The molecule has 7 heteroatoms. The molecule has 1 aromatic carbocycles. The van der Waals surface area contributed by atoms with E-state index < -0.39 is 21.7 Å². The average Bonchev–Trinajstić information content (AvgIpc) is 2.24. The van der Waals surface area contributed by atoms with Gasteiger partial charge in [0.05, 0.1) is 5.69 Å². The van der Waals surface area contributed by atoms with Crippen LogP contribution in [0, 0.1) is 0 Å². The standard InChI is InChI=1S/C12H18N2O4S/c1-12(2,3)18-11(15)14(4)9-7-5-6-8-10(9)19(13,16)17/h5-8H,1-4H3,(H2,13,16,17). The number of primary sulfonamides is 1. The lowest BCUT2D eigenvalue weighted by atomic mass is 10.2. The van der Waals surface area contributed by atoms with E-state index in [-0.39, 0.29) is 10.6 Å². The highest BCUT2D eigenvalue weighted by Crippen LogP contribution is 2.24. The molecule has 1 rings (SSSR count). The van der Waals surface area contributed by atoms with Crippen molar-refractivity contribution < 1.29 is 17.9 Å². The van der Waals surface area contributed by atoms with E-state index in [9.17, 15) is 13.2 Å². The molecule has 106 valence electrons. The first-order chi connectivity index (χ1) is 8.52. The number of carbonyl (C=O) groups excluding carboxylic acids is 1. The van der Waals surface area contributed by atoms with Crippen LogP contribution in [0.3, 0.4) is 0 Å². The summed E-state index contributed by atoms with van der Waals surface area (Å²) < 4.78 is 28.1. The zero-order valence-electron chi connectivity index (χ0n) is 11.4. The van der Waals surface area contributed by atoms with Gasteiger partial charge in [0.2, 0.25) is 10.0 Å².